The average Bonchev–Trinajstić information content (AvgIpc) is 2.37. The lowest BCUT2D eigenvalue weighted by atomic mass is 10.0. The third-order valence-corrected chi connectivity index (χ3v) is 3.20. The van der Waals surface area contributed by atoms with Gasteiger partial charge < -0.3 is 10.1 Å². The van der Waals surface area contributed by atoms with E-state index in [4.69, 9.17) is 0 Å². The van der Waals surface area contributed by atoms with Crippen molar-refractivity contribution < 1.29 is 19.2 Å². The molecule has 1 aromatic rings. The molecule has 20 heavy (non-hydrogen) atoms. The summed E-state index contributed by atoms with van der Waals surface area (Å²) in [5.41, 5.74) is -1.38. The summed E-state index contributed by atoms with van der Waals surface area (Å²) in [7, 11) is 1.21. The average molecular weight is 345 g/mol. The molecule has 1 rings (SSSR count). The van der Waals surface area contributed by atoms with E-state index in [1.165, 1.54) is 33.1 Å². The number of nitrogens with zero attached hydrogens (tertiary/aromatic N) is 1. The van der Waals surface area contributed by atoms with Gasteiger partial charge >= 0.3 is 5.97 Å². The Hall–Kier alpha value is -1.96. The zero-order valence-corrected chi connectivity index (χ0v) is 12.7. The minimum Gasteiger partial charge on any atom is -0.467 e. The van der Waals surface area contributed by atoms with E-state index in [0.29, 0.717) is 0 Å². The number of carbonyl (C=O) groups excluding carboxylic acids is 2. The smallest absolute Gasteiger partial charge is 0.330 e. The molecule has 1 aromatic carbocycles. The summed E-state index contributed by atoms with van der Waals surface area (Å²) in [6.45, 7) is 2.95. The minimum atomic E-state index is -1.23. The number of amides is 1. The maximum absolute atomic E-state index is 12.0. The molecule has 0 aliphatic carbocycles. The molecular weight excluding hydrogens is 332 g/mol. The maximum Gasteiger partial charge on any atom is 0.330 e. The van der Waals surface area contributed by atoms with E-state index >= 15 is 0 Å². The van der Waals surface area contributed by atoms with Gasteiger partial charge in [0.25, 0.3) is 11.6 Å². The molecule has 0 radical (unpaired) electrons. The van der Waals surface area contributed by atoms with Crippen LogP contribution in [-0.2, 0) is 9.53 Å². The van der Waals surface area contributed by atoms with Crippen molar-refractivity contribution in [2.75, 3.05) is 7.11 Å². The maximum atomic E-state index is 12.0. The first-order valence-corrected chi connectivity index (χ1v) is 6.33. The van der Waals surface area contributed by atoms with Gasteiger partial charge in [-0.15, -0.1) is 0 Å². The minimum absolute atomic E-state index is 0.0804. The number of benzene rings is 1. The van der Waals surface area contributed by atoms with Gasteiger partial charge in [0.05, 0.1) is 16.5 Å². The number of nitrogens with one attached hydrogen (secondary N) is 1. The quantitative estimate of drug-likeness (QED) is 0.511. The van der Waals surface area contributed by atoms with Crippen LogP contribution in [-0.4, -0.2) is 29.4 Å². The Morgan fingerprint density at radius 3 is 2.50 bits per heavy atom. The number of hydrogen-bond donors (Lipinski definition) is 1. The summed E-state index contributed by atoms with van der Waals surface area (Å²) in [6.07, 6.45) is 0. The highest BCUT2D eigenvalue weighted by Gasteiger charge is 2.31. The number of hydrogen-bond acceptors (Lipinski definition) is 5. The predicted octanol–water partition coefficient (Wildman–Crippen LogP) is 2.04. The topological polar surface area (TPSA) is 98.5 Å². The molecule has 0 aliphatic heterocycles. The molecule has 0 heterocycles. The van der Waals surface area contributed by atoms with Crippen LogP contribution in [0.25, 0.3) is 0 Å². The lowest BCUT2D eigenvalue weighted by Crippen LogP contribution is -2.50. The van der Waals surface area contributed by atoms with Crippen LogP contribution in [0.1, 0.15) is 24.2 Å². The highest BCUT2D eigenvalue weighted by Crippen LogP contribution is 2.25. The van der Waals surface area contributed by atoms with Gasteiger partial charge in [0.1, 0.15) is 5.54 Å². The first kappa shape index (κ1) is 16.1. The van der Waals surface area contributed by atoms with Crippen LogP contribution in [0.2, 0.25) is 0 Å². The van der Waals surface area contributed by atoms with Gasteiger partial charge in [-0.05, 0) is 41.9 Å². The normalized spacial score (nSPS) is 10.8. The fourth-order valence-corrected chi connectivity index (χ4v) is 1.85. The number of nitro groups is 1. The number of carbonyl (C=O) groups is 2. The van der Waals surface area contributed by atoms with Crippen LogP contribution >= 0.6 is 15.9 Å². The lowest BCUT2D eigenvalue weighted by molar-refractivity contribution is -0.385. The van der Waals surface area contributed by atoms with Crippen molar-refractivity contribution in [3.05, 3.63) is 38.3 Å². The summed E-state index contributed by atoms with van der Waals surface area (Å²) in [5.74, 6) is -1.21. The van der Waals surface area contributed by atoms with E-state index in [2.05, 4.69) is 26.0 Å². The van der Waals surface area contributed by atoms with E-state index in [0.717, 1.165) is 6.07 Å². The van der Waals surface area contributed by atoms with Crippen molar-refractivity contribution in [2.24, 2.45) is 0 Å². The van der Waals surface area contributed by atoms with Crippen molar-refractivity contribution in [3.8, 4) is 0 Å². The summed E-state index contributed by atoms with van der Waals surface area (Å²) in [4.78, 5) is 33.7. The van der Waals surface area contributed by atoms with Gasteiger partial charge in [-0.25, -0.2) is 4.79 Å². The summed E-state index contributed by atoms with van der Waals surface area (Å²) in [5, 5.41) is 13.3. The zero-order valence-electron chi connectivity index (χ0n) is 11.1. The number of esters is 1. The van der Waals surface area contributed by atoms with Crippen molar-refractivity contribution in [2.45, 2.75) is 19.4 Å². The molecule has 0 unspecified atom stereocenters. The van der Waals surface area contributed by atoms with Gasteiger partial charge in [0.2, 0.25) is 0 Å². The van der Waals surface area contributed by atoms with Crippen molar-refractivity contribution in [1.29, 1.82) is 0 Å². The first-order chi connectivity index (χ1) is 9.19. The monoisotopic (exact) mass is 344 g/mol. The standard InChI is InChI=1S/C12H13BrN2O5/c1-12(2,11(17)20-3)14-10(16)7-4-5-8(13)9(6-7)15(18)19/h4-6H,1-3H3,(H,14,16). The van der Waals surface area contributed by atoms with Gasteiger partial charge in [-0.1, -0.05) is 0 Å². The van der Waals surface area contributed by atoms with Crippen LogP contribution in [0.15, 0.2) is 22.7 Å². The molecule has 8 heteroatoms. The molecule has 0 saturated heterocycles. The van der Waals surface area contributed by atoms with Crippen LogP contribution in [0.5, 0.6) is 0 Å². The molecule has 0 aliphatic rings. The van der Waals surface area contributed by atoms with E-state index in [1.54, 1.807) is 0 Å². The van der Waals surface area contributed by atoms with Crippen molar-refractivity contribution in [1.82, 2.24) is 5.32 Å². The second kappa shape index (κ2) is 6.00. The number of ether oxygens (including phenoxy) is 1. The fourth-order valence-electron chi connectivity index (χ4n) is 1.46. The Balaban J connectivity index is 3.02. The van der Waals surface area contributed by atoms with E-state index in [9.17, 15) is 19.7 Å². The second-order valence-electron chi connectivity index (χ2n) is 4.49. The molecule has 0 bridgehead atoms. The molecule has 1 amide bonds. The predicted molar refractivity (Wildman–Crippen MR) is 74.4 cm³/mol. The molecular formula is C12H13BrN2O5. The second-order valence-corrected chi connectivity index (χ2v) is 5.35. The number of rotatable bonds is 4. The van der Waals surface area contributed by atoms with Crippen molar-refractivity contribution >= 4 is 33.5 Å². The largest absolute Gasteiger partial charge is 0.467 e. The summed E-state index contributed by atoms with van der Waals surface area (Å²) < 4.78 is 4.83. The van der Waals surface area contributed by atoms with Gasteiger partial charge in [0.15, 0.2) is 0 Å². The SMILES string of the molecule is COC(=O)C(C)(C)NC(=O)c1ccc(Br)c([N+](=O)[O-])c1. The Kier molecular flexibility index (Phi) is 4.83. The van der Waals surface area contributed by atoms with E-state index in [-0.39, 0.29) is 15.7 Å². The number of methoxy groups -OCH3 is 1. The number of nitro benzene ring substituents is 1. The zero-order chi connectivity index (χ0) is 15.5. The molecule has 1 N–H and O–H groups in total. The third kappa shape index (κ3) is 3.53. The van der Waals surface area contributed by atoms with Crippen LogP contribution in [0.3, 0.4) is 0 Å². The van der Waals surface area contributed by atoms with Crippen LogP contribution in [0, 0.1) is 10.1 Å². The molecule has 0 spiro atoms. The Morgan fingerprint density at radius 1 is 1.40 bits per heavy atom. The van der Waals surface area contributed by atoms with Crippen LogP contribution in [0.4, 0.5) is 5.69 Å². The van der Waals surface area contributed by atoms with E-state index in [1.807, 2.05) is 0 Å². The van der Waals surface area contributed by atoms with Gasteiger partial charge in [0, 0.05) is 11.6 Å². The summed E-state index contributed by atoms with van der Waals surface area (Å²) in [6, 6.07) is 3.95. The number of halogens is 1. The van der Waals surface area contributed by atoms with Gasteiger partial charge in [-0.2, -0.15) is 0 Å². The Morgan fingerprint density at radius 2 is 2.00 bits per heavy atom. The third-order valence-electron chi connectivity index (χ3n) is 2.53. The molecule has 0 aromatic heterocycles. The molecule has 7 nitrogen and oxygen atoms in total. The molecule has 0 atom stereocenters. The molecule has 0 saturated carbocycles. The lowest BCUT2D eigenvalue weighted by Gasteiger charge is -2.23. The highest BCUT2D eigenvalue weighted by atomic mass is 79.9. The molecule has 0 fully saturated rings. The fraction of sp³-hybridized carbons (Fsp3) is 0.333. The van der Waals surface area contributed by atoms with Crippen molar-refractivity contribution in [3.63, 3.8) is 0 Å². The Labute approximate surface area is 123 Å². The van der Waals surface area contributed by atoms with Crippen LogP contribution < -0.4 is 5.32 Å². The first-order valence-electron chi connectivity index (χ1n) is 5.54. The van der Waals surface area contributed by atoms with Gasteiger partial charge in [-0.3, -0.25) is 14.9 Å². The highest BCUT2D eigenvalue weighted by molar-refractivity contribution is 9.10. The van der Waals surface area contributed by atoms with E-state index < -0.39 is 22.3 Å². The molecule has 108 valence electrons. The Bertz CT molecular complexity index is 571. The summed E-state index contributed by atoms with van der Waals surface area (Å²) >= 11 is 3.03.